The van der Waals surface area contributed by atoms with E-state index in [2.05, 4.69) is 10.6 Å². The smallest absolute Gasteiger partial charge is 0.222 e. The van der Waals surface area contributed by atoms with Crippen LogP contribution >= 0.6 is 11.6 Å². The Bertz CT molecular complexity index is 483. The van der Waals surface area contributed by atoms with Gasteiger partial charge < -0.3 is 10.6 Å². The summed E-state index contributed by atoms with van der Waals surface area (Å²) in [5.74, 6) is 0.458. The molecule has 1 aliphatic rings. The lowest BCUT2D eigenvalue weighted by Crippen LogP contribution is -2.33. The van der Waals surface area contributed by atoms with Gasteiger partial charge in [-0.15, -0.1) is 0 Å². The summed E-state index contributed by atoms with van der Waals surface area (Å²) in [6.45, 7) is 2.19. The number of carbonyl (C=O) groups is 2. The Morgan fingerprint density at radius 1 is 1.30 bits per heavy atom. The summed E-state index contributed by atoms with van der Waals surface area (Å²) in [5.41, 5.74) is 0.881. The molecular weight excluding hydrogens is 276 g/mol. The molecule has 4 nitrogen and oxygen atoms in total. The summed E-state index contributed by atoms with van der Waals surface area (Å²) < 4.78 is 0. The summed E-state index contributed by atoms with van der Waals surface area (Å²) in [5, 5.41) is 6.35. The van der Waals surface area contributed by atoms with E-state index >= 15 is 0 Å². The lowest BCUT2D eigenvalue weighted by atomic mass is 10.0. The largest absolute Gasteiger partial charge is 0.356 e. The minimum Gasteiger partial charge on any atom is -0.356 e. The predicted octanol–water partition coefficient (Wildman–Crippen LogP) is 2.43. The van der Waals surface area contributed by atoms with Crippen molar-refractivity contribution in [1.82, 2.24) is 10.6 Å². The molecule has 2 rings (SSSR count). The van der Waals surface area contributed by atoms with Gasteiger partial charge in [0, 0.05) is 18.5 Å². The fraction of sp³-hybridized carbons (Fsp3) is 0.467. The third kappa shape index (κ3) is 4.85. The van der Waals surface area contributed by atoms with Crippen LogP contribution in [0, 0.1) is 5.92 Å². The fourth-order valence-corrected chi connectivity index (χ4v) is 2.16. The second-order valence-electron chi connectivity index (χ2n) is 5.26. The summed E-state index contributed by atoms with van der Waals surface area (Å²) in [7, 11) is 0. The molecule has 2 N–H and O–H groups in total. The molecule has 5 heteroatoms. The van der Waals surface area contributed by atoms with Crippen molar-refractivity contribution in [2.24, 2.45) is 5.92 Å². The number of rotatable bonds is 6. The highest BCUT2D eigenvalue weighted by molar-refractivity contribution is 6.30. The zero-order chi connectivity index (χ0) is 14.5. The van der Waals surface area contributed by atoms with Gasteiger partial charge in [0.05, 0.1) is 12.5 Å². The molecule has 0 bridgehead atoms. The Morgan fingerprint density at radius 3 is 2.50 bits per heavy atom. The molecule has 0 aliphatic heterocycles. The Kier molecular flexibility index (Phi) is 5.01. The van der Waals surface area contributed by atoms with Gasteiger partial charge in [-0.3, -0.25) is 9.59 Å². The molecule has 20 heavy (non-hydrogen) atoms. The number of hydrogen-bond donors (Lipinski definition) is 2. The molecule has 0 aromatic heterocycles. The van der Waals surface area contributed by atoms with Crippen molar-refractivity contribution in [1.29, 1.82) is 0 Å². The average Bonchev–Trinajstić information content (AvgIpc) is 3.20. The number of amides is 2. The van der Waals surface area contributed by atoms with Gasteiger partial charge >= 0.3 is 0 Å². The molecule has 1 atom stereocenters. The van der Waals surface area contributed by atoms with Gasteiger partial charge in [0.15, 0.2) is 0 Å². The predicted molar refractivity (Wildman–Crippen MR) is 78.4 cm³/mol. The quantitative estimate of drug-likeness (QED) is 0.846. The summed E-state index contributed by atoms with van der Waals surface area (Å²) in [6, 6.07) is 6.86. The first-order valence-corrected chi connectivity index (χ1v) is 7.21. The zero-order valence-electron chi connectivity index (χ0n) is 11.5. The minimum absolute atomic E-state index is 0.0365. The first-order chi connectivity index (χ1) is 9.54. The van der Waals surface area contributed by atoms with E-state index in [0.717, 1.165) is 12.1 Å². The van der Waals surface area contributed by atoms with E-state index in [1.165, 1.54) is 19.8 Å². The molecule has 1 fully saturated rings. The Morgan fingerprint density at radius 2 is 1.95 bits per heavy atom. The van der Waals surface area contributed by atoms with E-state index in [0.29, 0.717) is 10.9 Å². The molecule has 1 unspecified atom stereocenters. The molecule has 108 valence electrons. The van der Waals surface area contributed by atoms with E-state index < -0.39 is 0 Å². The number of benzene rings is 1. The lowest BCUT2D eigenvalue weighted by Gasteiger charge is -2.18. The van der Waals surface area contributed by atoms with Gasteiger partial charge in [0.1, 0.15) is 0 Å². The van der Waals surface area contributed by atoms with Crippen molar-refractivity contribution in [3.05, 3.63) is 34.9 Å². The fourth-order valence-electron chi connectivity index (χ4n) is 2.03. The molecule has 1 saturated carbocycles. The van der Waals surface area contributed by atoms with Crippen molar-refractivity contribution in [3.63, 3.8) is 0 Å². The molecule has 1 aromatic rings. The second kappa shape index (κ2) is 6.75. The van der Waals surface area contributed by atoms with Crippen LogP contribution in [0.4, 0.5) is 0 Å². The van der Waals surface area contributed by atoms with Crippen LogP contribution in [0.1, 0.15) is 37.8 Å². The first-order valence-electron chi connectivity index (χ1n) is 6.84. The summed E-state index contributed by atoms with van der Waals surface area (Å²) in [6.07, 6.45) is 2.65. The number of nitrogens with one attached hydrogen (secondary N) is 2. The SMILES string of the molecule is CC(=O)NC(CC(=O)NCC1CC1)c1ccc(Cl)cc1. The van der Waals surface area contributed by atoms with Gasteiger partial charge in [-0.1, -0.05) is 23.7 Å². The topological polar surface area (TPSA) is 58.2 Å². The van der Waals surface area contributed by atoms with E-state index in [1.807, 2.05) is 12.1 Å². The van der Waals surface area contributed by atoms with Crippen LogP contribution < -0.4 is 10.6 Å². The van der Waals surface area contributed by atoms with Crippen LogP contribution in [0.15, 0.2) is 24.3 Å². The van der Waals surface area contributed by atoms with Gasteiger partial charge in [-0.25, -0.2) is 0 Å². The van der Waals surface area contributed by atoms with Crippen molar-refractivity contribution in [3.8, 4) is 0 Å². The maximum Gasteiger partial charge on any atom is 0.222 e. The first kappa shape index (κ1) is 14.9. The number of halogens is 1. The van der Waals surface area contributed by atoms with Crippen molar-refractivity contribution >= 4 is 23.4 Å². The van der Waals surface area contributed by atoms with Crippen molar-refractivity contribution < 1.29 is 9.59 Å². The highest BCUT2D eigenvalue weighted by Gasteiger charge is 2.23. The summed E-state index contributed by atoms with van der Waals surface area (Å²) >= 11 is 5.85. The average molecular weight is 295 g/mol. The molecule has 0 heterocycles. The second-order valence-corrected chi connectivity index (χ2v) is 5.69. The lowest BCUT2D eigenvalue weighted by molar-refractivity contribution is -0.122. The third-order valence-corrected chi connectivity index (χ3v) is 3.58. The standard InChI is InChI=1S/C15H19ClN2O2/c1-10(19)18-14(12-4-6-13(16)7-5-12)8-15(20)17-9-11-2-3-11/h4-7,11,14H,2-3,8-9H2,1H3,(H,17,20)(H,18,19). The number of hydrogen-bond acceptors (Lipinski definition) is 2. The molecule has 0 spiro atoms. The van der Waals surface area contributed by atoms with Crippen molar-refractivity contribution in [2.45, 2.75) is 32.2 Å². The molecular formula is C15H19ClN2O2. The molecule has 0 radical (unpaired) electrons. The van der Waals surface area contributed by atoms with Crippen LogP contribution in [0.5, 0.6) is 0 Å². The van der Waals surface area contributed by atoms with Gasteiger partial charge in [0.25, 0.3) is 0 Å². The molecule has 1 aliphatic carbocycles. The monoisotopic (exact) mass is 294 g/mol. The Balaban J connectivity index is 1.96. The van der Waals surface area contributed by atoms with Gasteiger partial charge in [0.2, 0.25) is 11.8 Å². The molecule has 1 aromatic carbocycles. The van der Waals surface area contributed by atoms with E-state index in [-0.39, 0.29) is 24.3 Å². The Labute approximate surface area is 123 Å². The van der Waals surface area contributed by atoms with Gasteiger partial charge in [-0.05, 0) is 36.5 Å². The van der Waals surface area contributed by atoms with Crippen LogP contribution in [0.3, 0.4) is 0 Å². The molecule has 0 saturated heterocycles. The highest BCUT2D eigenvalue weighted by atomic mass is 35.5. The van der Waals surface area contributed by atoms with Crippen LogP contribution in [-0.4, -0.2) is 18.4 Å². The molecule has 2 amide bonds. The van der Waals surface area contributed by atoms with Crippen LogP contribution in [0.25, 0.3) is 0 Å². The normalized spacial score (nSPS) is 15.5. The Hall–Kier alpha value is -1.55. The van der Waals surface area contributed by atoms with Crippen LogP contribution in [0.2, 0.25) is 5.02 Å². The highest BCUT2D eigenvalue weighted by Crippen LogP contribution is 2.27. The third-order valence-electron chi connectivity index (χ3n) is 3.32. The van der Waals surface area contributed by atoms with E-state index in [9.17, 15) is 9.59 Å². The van der Waals surface area contributed by atoms with E-state index in [4.69, 9.17) is 11.6 Å². The van der Waals surface area contributed by atoms with E-state index in [1.54, 1.807) is 12.1 Å². The maximum absolute atomic E-state index is 11.9. The summed E-state index contributed by atoms with van der Waals surface area (Å²) in [4.78, 5) is 23.2. The number of carbonyl (C=O) groups excluding carboxylic acids is 2. The maximum atomic E-state index is 11.9. The van der Waals surface area contributed by atoms with Crippen LogP contribution in [-0.2, 0) is 9.59 Å². The van der Waals surface area contributed by atoms with Crippen molar-refractivity contribution in [2.75, 3.05) is 6.54 Å². The minimum atomic E-state index is -0.316. The van der Waals surface area contributed by atoms with Gasteiger partial charge in [-0.2, -0.15) is 0 Å². The zero-order valence-corrected chi connectivity index (χ0v) is 12.2.